The number of aliphatic carboxylic acids is 2. The van der Waals surface area contributed by atoms with Crippen molar-refractivity contribution in [2.75, 3.05) is 6.61 Å². The molecule has 7 nitrogen and oxygen atoms in total. The van der Waals surface area contributed by atoms with Gasteiger partial charge in [0.1, 0.15) is 12.4 Å². The van der Waals surface area contributed by atoms with Gasteiger partial charge in [0, 0.05) is 28.9 Å². The summed E-state index contributed by atoms with van der Waals surface area (Å²) in [7, 11) is 0. The third-order valence-corrected chi connectivity index (χ3v) is 5.65. The lowest BCUT2D eigenvalue weighted by Gasteiger charge is -2.19. The SMILES string of the molecule is FC(F)(F)c1ccc(SC(COc2ccc(Cl)cc2Cl)Cn2ccnc2)cc1.O=C(O)C(=O)O. The molecule has 34 heavy (non-hydrogen) atoms. The van der Waals surface area contributed by atoms with E-state index in [1.165, 1.54) is 23.9 Å². The van der Waals surface area contributed by atoms with Crippen molar-refractivity contribution in [1.29, 1.82) is 0 Å². The van der Waals surface area contributed by atoms with E-state index in [2.05, 4.69) is 4.98 Å². The van der Waals surface area contributed by atoms with Crippen molar-refractivity contribution in [2.45, 2.75) is 22.9 Å². The molecule has 0 amide bonds. The molecule has 0 aliphatic heterocycles. The molecule has 3 aromatic rings. The number of carboxylic acid groups (broad SMARTS) is 2. The third-order valence-electron chi connectivity index (χ3n) is 3.96. The predicted octanol–water partition coefficient (Wildman–Crippen LogP) is 5.60. The van der Waals surface area contributed by atoms with E-state index in [4.69, 9.17) is 47.7 Å². The topological polar surface area (TPSA) is 102 Å². The Morgan fingerprint density at radius 3 is 2.24 bits per heavy atom. The minimum atomic E-state index is -4.35. The van der Waals surface area contributed by atoms with Gasteiger partial charge in [0.15, 0.2) is 0 Å². The Balaban J connectivity index is 0.000000604. The van der Waals surface area contributed by atoms with Crippen LogP contribution in [0, 0.1) is 0 Å². The molecular formula is C21H17Cl2F3N2O5S. The monoisotopic (exact) mass is 536 g/mol. The standard InChI is InChI=1S/C19H15Cl2F3N2OS.C2H2O4/c20-14-3-6-18(17(21)9-14)27-11-16(10-26-8-7-25-12-26)28-15-4-1-13(2-5-15)19(22,23)24;3-1(4)2(5)6/h1-9,12,16H,10-11H2;(H,3,4)(H,5,6). The molecule has 0 spiro atoms. The normalized spacial score (nSPS) is 11.8. The molecule has 182 valence electrons. The molecular weight excluding hydrogens is 520 g/mol. The molecule has 0 saturated heterocycles. The van der Waals surface area contributed by atoms with Crippen LogP contribution < -0.4 is 4.74 Å². The van der Waals surface area contributed by atoms with Gasteiger partial charge in [-0.25, -0.2) is 14.6 Å². The van der Waals surface area contributed by atoms with Gasteiger partial charge in [-0.15, -0.1) is 11.8 Å². The molecule has 1 heterocycles. The molecule has 1 atom stereocenters. The van der Waals surface area contributed by atoms with Crippen LogP contribution in [0.1, 0.15) is 5.56 Å². The van der Waals surface area contributed by atoms with Crippen molar-refractivity contribution in [3.63, 3.8) is 0 Å². The fraction of sp³-hybridized carbons (Fsp3) is 0.190. The summed E-state index contributed by atoms with van der Waals surface area (Å²) < 4.78 is 46.0. The molecule has 0 radical (unpaired) electrons. The lowest BCUT2D eigenvalue weighted by molar-refractivity contribution is -0.159. The van der Waals surface area contributed by atoms with Crippen LogP contribution in [-0.2, 0) is 22.3 Å². The van der Waals surface area contributed by atoms with Gasteiger partial charge in [-0.05, 0) is 42.5 Å². The number of imidazole rings is 1. The van der Waals surface area contributed by atoms with Crippen molar-refractivity contribution >= 4 is 46.9 Å². The third kappa shape index (κ3) is 9.16. The predicted molar refractivity (Wildman–Crippen MR) is 121 cm³/mol. The number of halogens is 5. The fourth-order valence-electron chi connectivity index (χ4n) is 2.44. The Kier molecular flexibility index (Phi) is 10.1. The second-order valence-electron chi connectivity index (χ2n) is 6.52. The van der Waals surface area contributed by atoms with Gasteiger partial charge in [0.2, 0.25) is 0 Å². The summed E-state index contributed by atoms with van der Waals surface area (Å²) in [6.45, 7) is 0.863. The molecule has 2 aromatic carbocycles. The Bertz CT molecular complexity index is 1080. The minimum Gasteiger partial charge on any atom is -0.491 e. The van der Waals surface area contributed by atoms with E-state index in [1.807, 2.05) is 10.8 Å². The van der Waals surface area contributed by atoms with Crippen LogP contribution in [0.4, 0.5) is 13.2 Å². The van der Waals surface area contributed by atoms with Gasteiger partial charge in [0.25, 0.3) is 0 Å². The van der Waals surface area contributed by atoms with Crippen LogP contribution in [-0.4, -0.2) is 43.6 Å². The van der Waals surface area contributed by atoms with Gasteiger partial charge in [-0.3, -0.25) is 0 Å². The van der Waals surface area contributed by atoms with Crippen LogP contribution in [0.25, 0.3) is 0 Å². The molecule has 1 unspecified atom stereocenters. The quantitative estimate of drug-likeness (QED) is 0.299. The Morgan fingerprint density at radius 2 is 1.74 bits per heavy atom. The molecule has 3 rings (SSSR count). The van der Waals surface area contributed by atoms with Gasteiger partial charge in [0.05, 0.1) is 22.2 Å². The summed E-state index contributed by atoms with van der Waals surface area (Å²) in [5.74, 6) is -3.15. The van der Waals surface area contributed by atoms with E-state index >= 15 is 0 Å². The van der Waals surface area contributed by atoms with Crippen molar-refractivity contribution in [1.82, 2.24) is 9.55 Å². The van der Waals surface area contributed by atoms with E-state index in [0.717, 1.165) is 12.1 Å². The zero-order valence-corrected chi connectivity index (χ0v) is 19.4. The lowest BCUT2D eigenvalue weighted by Crippen LogP contribution is -2.20. The molecule has 13 heteroatoms. The number of aromatic nitrogens is 2. The summed E-state index contributed by atoms with van der Waals surface area (Å²) in [6, 6.07) is 10.0. The smallest absolute Gasteiger partial charge is 0.416 e. The van der Waals surface area contributed by atoms with Crippen molar-refractivity contribution < 1.29 is 37.7 Å². The Labute approximate surface area is 206 Å². The summed E-state index contributed by atoms with van der Waals surface area (Å²) >= 11 is 13.5. The van der Waals surface area contributed by atoms with Crippen molar-refractivity contribution in [2.24, 2.45) is 0 Å². The van der Waals surface area contributed by atoms with Crippen molar-refractivity contribution in [3.8, 4) is 5.75 Å². The van der Waals surface area contributed by atoms with Crippen LogP contribution in [0.5, 0.6) is 5.75 Å². The maximum Gasteiger partial charge on any atom is 0.416 e. The molecule has 0 bridgehead atoms. The Morgan fingerprint density at radius 1 is 1.09 bits per heavy atom. The largest absolute Gasteiger partial charge is 0.491 e. The first kappa shape index (κ1) is 27.4. The number of rotatable bonds is 7. The first-order chi connectivity index (χ1) is 16.0. The highest BCUT2D eigenvalue weighted by atomic mass is 35.5. The number of alkyl halides is 3. The highest BCUT2D eigenvalue weighted by Crippen LogP contribution is 2.33. The highest BCUT2D eigenvalue weighted by Gasteiger charge is 2.30. The fourth-order valence-corrected chi connectivity index (χ4v) is 3.97. The molecule has 0 aliphatic rings. The van der Waals surface area contributed by atoms with Gasteiger partial charge < -0.3 is 19.5 Å². The number of carboxylic acids is 2. The number of carbonyl (C=O) groups is 2. The van der Waals surface area contributed by atoms with Crippen LogP contribution >= 0.6 is 35.0 Å². The summed E-state index contributed by atoms with van der Waals surface area (Å²) in [6.07, 6.45) is 0.801. The minimum absolute atomic E-state index is 0.0855. The lowest BCUT2D eigenvalue weighted by atomic mass is 10.2. The first-order valence-electron chi connectivity index (χ1n) is 9.29. The van der Waals surface area contributed by atoms with Gasteiger partial charge in [-0.1, -0.05) is 23.2 Å². The Hall–Kier alpha value is -2.89. The first-order valence-corrected chi connectivity index (χ1v) is 10.9. The second-order valence-corrected chi connectivity index (χ2v) is 8.73. The molecule has 2 N–H and O–H groups in total. The van der Waals surface area contributed by atoms with Crippen molar-refractivity contribution in [3.05, 3.63) is 76.8 Å². The van der Waals surface area contributed by atoms with Crippen LogP contribution in [0.2, 0.25) is 10.0 Å². The number of ether oxygens (including phenoxy) is 1. The summed E-state index contributed by atoms with van der Waals surface area (Å²) in [4.78, 5) is 22.9. The van der Waals surface area contributed by atoms with E-state index in [1.54, 1.807) is 30.7 Å². The van der Waals surface area contributed by atoms with Gasteiger partial charge >= 0.3 is 18.1 Å². The van der Waals surface area contributed by atoms with Crippen LogP contribution in [0.3, 0.4) is 0 Å². The number of nitrogens with zero attached hydrogens (tertiary/aromatic N) is 2. The summed E-state index contributed by atoms with van der Waals surface area (Å²) in [5.41, 5.74) is -0.674. The molecule has 1 aromatic heterocycles. The number of thioether (sulfide) groups is 1. The maximum absolute atomic E-state index is 12.7. The van der Waals surface area contributed by atoms with Crippen LogP contribution in [0.15, 0.2) is 66.1 Å². The van der Waals surface area contributed by atoms with E-state index < -0.39 is 23.7 Å². The van der Waals surface area contributed by atoms with E-state index in [-0.39, 0.29) is 5.25 Å². The van der Waals surface area contributed by atoms with E-state index in [0.29, 0.717) is 33.8 Å². The maximum atomic E-state index is 12.7. The zero-order chi connectivity index (χ0) is 25.3. The molecule has 0 aliphatic carbocycles. The number of hydrogen-bond acceptors (Lipinski definition) is 5. The van der Waals surface area contributed by atoms with Gasteiger partial charge in [-0.2, -0.15) is 13.2 Å². The average molecular weight is 537 g/mol. The highest BCUT2D eigenvalue weighted by molar-refractivity contribution is 8.00. The number of benzene rings is 2. The average Bonchev–Trinajstić information content (AvgIpc) is 3.26. The second kappa shape index (κ2) is 12.5. The summed E-state index contributed by atoms with van der Waals surface area (Å²) in [5, 5.41) is 15.6. The number of hydrogen-bond donors (Lipinski definition) is 2. The zero-order valence-electron chi connectivity index (χ0n) is 17.1. The molecule has 0 fully saturated rings. The van der Waals surface area contributed by atoms with E-state index in [9.17, 15) is 13.2 Å². The molecule has 0 saturated carbocycles.